The molecule has 122 valence electrons. The van der Waals surface area contributed by atoms with E-state index in [1.54, 1.807) is 30.3 Å². The summed E-state index contributed by atoms with van der Waals surface area (Å²) < 4.78 is 14.2. The van der Waals surface area contributed by atoms with Crippen LogP contribution in [0.1, 0.15) is 41.6 Å². The number of carbonyl (C=O) groups excluding carboxylic acids is 1. The summed E-state index contributed by atoms with van der Waals surface area (Å²) in [5, 5.41) is 2.60. The van der Waals surface area contributed by atoms with Gasteiger partial charge >= 0.3 is 0 Å². The highest BCUT2D eigenvalue weighted by atomic mass is 35.5. The molecule has 0 saturated heterocycles. The summed E-state index contributed by atoms with van der Waals surface area (Å²) in [6, 6.07) is 13.7. The van der Waals surface area contributed by atoms with E-state index in [4.69, 9.17) is 5.73 Å². The molecular weight excluding hydrogens is 315 g/mol. The lowest BCUT2D eigenvalue weighted by atomic mass is 10.0. The maximum absolute atomic E-state index is 14.2. The van der Waals surface area contributed by atoms with E-state index in [1.165, 1.54) is 6.07 Å². The highest BCUT2D eigenvalue weighted by Crippen LogP contribution is 2.51. The van der Waals surface area contributed by atoms with Crippen molar-refractivity contribution in [3.05, 3.63) is 65.5 Å². The van der Waals surface area contributed by atoms with Crippen LogP contribution in [0, 0.1) is 5.82 Å². The summed E-state index contributed by atoms with van der Waals surface area (Å²) >= 11 is 0. The molecule has 3 N–H and O–H groups in total. The Bertz CT molecular complexity index is 707. The molecule has 0 aromatic heterocycles. The SMILES string of the molecule is CC[C@]1(N)C[C@H]1c1ccc(NC(=O)c2ccccc2)c(F)c1.Cl. The number of rotatable bonds is 4. The summed E-state index contributed by atoms with van der Waals surface area (Å²) in [5.74, 6) is -0.529. The molecule has 1 aliphatic carbocycles. The molecular formula is C18H20ClFN2O. The fraction of sp³-hybridized carbons (Fsp3) is 0.278. The molecule has 2 atom stereocenters. The van der Waals surface area contributed by atoms with Crippen LogP contribution in [0.2, 0.25) is 0 Å². The molecule has 0 spiro atoms. The maximum Gasteiger partial charge on any atom is 0.255 e. The van der Waals surface area contributed by atoms with Gasteiger partial charge in [0.15, 0.2) is 0 Å². The summed E-state index contributed by atoms with van der Waals surface area (Å²) in [7, 11) is 0. The lowest BCUT2D eigenvalue weighted by Crippen LogP contribution is -2.22. The molecule has 0 radical (unpaired) electrons. The second kappa shape index (κ2) is 6.69. The average Bonchev–Trinajstić information content (AvgIpc) is 3.23. The van der Waals surface area contributed by atoms with Crippen molar-refractivity contribution < 1.29 is 9.18 Å². The Balaban J connectivity index is 0.00000192. The number of hydrogen-bond donors (Lipinski definition) is 2. The van der Waals surface area contributed by atoms with Gasteiger partial charge in [-0.05, 0) is 42.7 Å². The predicted octanol–water partition coefficient (Wildman–Crippen LogP) is 4.09. The zero-order chi connectivity index (χ0) is 15.7. The third-order valence-corrected chi connectivity index (χ3v) is 4.46. The van der Waals surface area contributed by atoms with Crippen LogP contribution in [0.3, 0.4) is 0 Å². The number of nitrogens with two attached hydrogens (primary N) is 1. The number of hydrogen-bond acceptors (Lipinski definition) is 2. The Hall–Kier alpha value is -1.91. The minimum atomic E-state index is -0.424. The smallest absolute Gasteiger partial charge is 0.255 e. The van der Waals surface area contributed by atoms with Gasteiger partial charge in [0.25, 0.3) is 5.91 Å². The number of nitrogens with one attached hydrogen (secondary N) is 1. The summed E-state index contributed by atoms with van der Waals surface area (Å²) in [6.45, 7) is 2.05. The zero-order valence-electron chi connectivity index (χ0n) is 12.9. The van der Waals surface area contributed by atoms with E-state index in [-0.39, 0.29) is 35.5 Å². The molecule has 0 unspecified atom stereocenters. The molecule has 1 aliphatic rings. The van der Waals surface area contributed by atoms with E-state index in [1.807, 2.05) is 19.1 Å². The fourth-order valence-electron chi connectivity index (χ4n) is 2.80. The standard InChI is InChI=1S/C18H19FN2O.ClH/c1-2-18(20)11-14(18)13-8-9-16(15(19)10-13)21-17(22)12-6-4-3-5-7-12;/h3-10,14H,2,11,20H2,1H3,(H,21,22);1H/t14-,18-;/m0./s1. The number of benzene rings is 2. The molecule has 0 bridgehead atoms. The van der Waals surface area contributed by atoms with Gasteiger partial charge in [-0.2, -0.15) is 0 Å². The molecule has 1 amide bonds. The first-order valence-corrected chi connectivity index (χ1v) is 7.48. The van der Waals surface area contributed by atoms with E-state index in [9.17, 15) is 9.18 Å². The van der Waals surface area contributed by atoms with Crippen molar-refractivity contribution in [2.45, 2.75) is 31.2 Å². The predicted molar refractivity (Wildman–Crippen MR) is 92.6 cm³/mol. The third kappa shape index (κ3) is 3.54. The molecule has 2 aromatic rings. The number of halogens is 2. The first-order valence-electron chi connectivity index (χ1n) is 7.48. The number of amides is 1. The lowest BCUT2D eigenvalue weighted by molar-refractivity contribution is 0.102. The molecule has 23 heavy (non-hydrogen) atoms. The highest BCUT2D eigenvalue weighted by molar-refractivity contribution is 6.04. The van der Waals surface area contributed by atoms with Gasteiger partial charge in [-0.1, -0.05) is 31.2 Å². The Morgan fingerprint density at radius 3 is 2.57 bits per heavy atom. The van der Waals surface area contributed by atoms with Crippen molar-refractivity contribution in [3.8, 4) is 0 Å². The Morgan fingerprint density at radius 1 is 1.30 bits per heavy atom. The van der Waals surface area contributed by atoms with E-state index in [0.29, 0.717) is 5.56 Å². The molecule has 5 heteroatoms. The van der Waals surface area contributed by atoms with Gasteiger partial charge in [0.2, 0.25) is 0 Å². The normalized spacial score (nSPS) is 22.1. The quantitative estimate of drug-likeness (QED) is 0.884. The van der Waals surface area contributed by atoms with Crippen LogP contribution in [0.4, 0.5) is 10.1 Å². The lowest BCUT2D eigenvalue weighted by Gasteiger charge is -2.10. The monoisotopic (exact) mass is 334 g/mol. The third-order valence-electron chi connectivity index (χ3n) is 4.46. The van der Waals surface area contributed by atoms with Crippen LogP contribution in [-0.2, 0) is 0 Å². The molecule has 0 aliphatic heterocycles. The highest BCUT2D eigenvalue weighted by Gasteiger charge is 2.50. The minimum absolute atomic E-state index is 0. The molecule has 1 fully saturated rings. The fourth-order valence-corrected chi connectivity index (χ4v) is 2.80. The van der Waals surface area contributed by atoms with Crippen molar-refractivity contribution in [1.29, 1.82) is 0 Å². The van der Waals surface area contributed by atoms with Gasteiger partial charge in [-0.3, -0.25) is 4.79 Å². The Kier molecular flexibility index (Phi) is 5.07. The summed E-state index contributed by atoms with van der Waals surface area (Å²) in [6.07, 6.45) is 1.77. The van der Waals surface area contributed by atoms with Gasteiger partial charge in [-0.25, -0.2) is 4.39 Å². The second-order valence-corrected chi connectivity index (χ2v) is 5.90. The van der Waals surface area contributed by atoms with Crippen LogP contribution in [0.15, 0.2) is 48.5 Å². The molecule has 0 heterocycles. The summed E-state index contributed by atoms with van der Waals surface area (Å²) in [5.41, 5.74) is 7.58. The van der Waals surface area contributed by atoms with E-state index < -0.39 is 5.82 Å². The Morgan fingerprint density at radius 2 is 2.00 bits per heavy atom. The zero-order valence-corrected chi connectivity index (χ0v) is 13.7. The van der Waals surface area contributed by atoms with E-state index in [2.05, 4.69) is 5.32 Å². The number of anilines is 1. The van der Waals surface area contributed by atoms with Crippen LogP contribution >= 0.6 is 12.4 Å². The first kappa shape index (κ1) is 17.4. The van der Waals surface area contributed by atoms with Crippen LogP contribution in [0.25, 0.3) is 0 Å². The molecule has 3 nitrogen and oxygen atoms in total. The first-order chi connectivity index (χ1) is 10.5. The second-order valence-electron chi connectivity index (χ2n) is 5.90. The van der Waals surface area contributed by atoms with E-state index >= 15 is 0 Å². The van der Waals surface area contributed by atoms with Crippen LogP contribution in [-0.4, -0.2) is 11.4 Å². The number of carbonyl (C=O) groups is 1. The van der Waals surface area contributed by atoms with Gasteiger partial charge in [-0.15, -0.1) is 12.4 Å². The average molecular weight is 335 g/mol. The molecule has 2 aromatic carbocycles. The van der Waals surface area contributed by atoms with Crippen molar-refractivity contribution >= 4 is 24.0 Å². The van der Waals surface area contributed by atoms with Crippen molar-refractivity contribution in [2.24, 2.45) is 5.73 Å². The topological polar surface area (TPSA) is 55.1 Å². The van der Waals surface area contributed by atoms with Gasteiger partial charge < -0.3 is 11.1 Å². The van der Waals surface area contributed by atoms with Crippen molar-refractivity contribution in [3.63, 3.8) is 0 Å². The summed E-state index contributed by atoms with van der Waals surface area (Å²) in [4.78, 5) is 12.0. The maximum atomic E-state index is 14.2. The van der Waals surface area contributed by atoms with Gasteiger partial charge in [0.1, 0.15) is 5.82 Å². The van der Waals surface area contributed by atoms with Crippen molar-refractivity contribution in [2.75, 3.05) is 5.32 Å². The molecule has 1 saturated carbocycles. The minimum Gasteiger partial charge on any atom is -0.325 e. The largest absolute Gasteiger partial charge is 0.325 e. The van der Waals surface area contributed by atoms with Crippen LogP contribution < -0.4 is 11.1 Å². The van der Waals surface area contributed by atoms with Crippen molar-refractivity contribution in [1.82, 2.24) is 0 Å². The van der Waals surface area contributed by atoms with Gasteiger partial charge in [0, 0.05) is 17.0 Å². The Labute approximate surface area is 141 Å². The van der Waals surface area contributed by atoms with Gasteiger partial charge in [0.05, 0.1) is 5.69 Å². The van der Waals surface area contributed by atoms with E-state index in [0.717, 1.165) is 18.4 Å². The molecule has 3 rings (SSSR count). The van der Waals surface area contributed by atoms with Crippen LogP contribution in [0.5, 0.6) is 0 Å².